The predicted octanol–water partition coefficient (Wildman–Crippen LogP) is 24.1. The molecule has 0 aromatic rings. The summed E-state index contributed by atoms with van der Waals surface area (Å²) in [7, 11) is 0. The molecule has 0 saturated heterocycles. The summed E-state index contributed by atoms with van der Waals surface area (Å²) in [5.41, 5.74) is 5.90. The van der Waals surface area contributed by atoms with Gasteiger partial charge in [-0.05, 0) is 87.3 Å². The number of ketones is 4. The number of esters is 1. The highest BCUT2D eigenvalue weighted by Gasteiger charge is 2.25. The van der Waals surface area contributed by atoms with Gasteiger partial charge >= 0.3 is 5.97 Å². The lowest BCUT2D eigenvalue weighted by molar-refractivity contribution is -0.145. The first-order valence-electron chi connectivity index (χ1n) is 36.4. The molecule has 0 bridgehead atoms. The summed E-state index contributed by atoms with van der Waals surface area (Å²) in [6.07, 6.45) is 54.9. The monoisotopic (exact) mass is 1220 g/mol. The minimum Gasteiger partial charge on any atom is -0.490 e. The molecule has 2 aliphatic carbocycles. The first-order chi connectivity index (χ1) is 42.2. The molecular weight excluding hydrogens is 1080 g/mol. The van der Waals surface area contributed by atoms with Gasteiger partial charge in [0.1, 0.15) is 17.3 Å². The fraction of sp³-hybridized carbons (Fsp3) is 0.785. The van der Waals surface area contributed by atoms with Crippen LogP contribution in [0.4, 0.5) is 0 Å². The van der Waals surface area contributed by atoms with E-state index in [9.17, 15) is 24.0 Å². The molecule has 0 heterocycles. The Hall–Kier alpha value is -3.99. The average molecular weight is 1220 g/mol. The Labute approximate surface area is 540 Å². The third kappa shape index (κ3) is 66.3. The summed E-state index contributed by atoms with van der Waals surface area (Å²) in [6.45, 7) is 40.9. The number of Topliss-reactive ketones (excluding diaryl/α,β-unsaturated/α-hetero) is 1. The fourth-order valence-corrected chi connectivity index (χ4v) is 10.5. The van der Waals surface area contributed by atoms with E-state index < -0.39 is 0 Å². The number of hydrogen-bond acceptors (Lipinski definition) is 8. The molecular formula is C79H142O8. The maximum absolute atomic E-state index is 12.8. The number of unbranched alkanes of at least 4 members (excludes halogenated alkanes) is 22. The highest BCUT2D eigenvalue weighted by molar-refractivity contribution is 5.93. The van der Waals surface area contributed by atoms with Gasteiger partial charge in [-0.25, -0.2) is 0 Å². The van der Waals surface area contributed by atoms with E-state index in [1.807, 2.05) is 13.8 Å². The number of carbonyl (C=O) groups excluding carboxylic acids is 5. The number of ether oxygens (including phenoxy) is 3. The number of hydrogen-bond donors (Lipinski definition) is 0. The van der Waals surface area contributed by atoms with Crippen molar-refractivity contribution in [3.05, 3.63) is 74.1 Å². The fourth-order valence-electron chi connectivity index (χ4n) is 10.5. The molecule has 2 atom stereocenters. The summed E-state index contributed by atoms with van der Waals surface area (Å²) in [5, 5.41) is 0. The molecule has 506 valence electrons. The zero-order valence-electron chi connectivity index (χ0n) is 59.2. The van der Waals surface area contributed by atoms with Crippen LogP contribution >= 0.6 is 0 Å². The van der Waals surface area contributed by atoms with Crippen LogP contribution in [-0.2, 0) is 38.2 Å². The Morgan fingerprint density at radius 3 is 1.13 bits per heavy atom. The zero-order valence-corrected chi connectivity index (χ0v) is 59.2. The number of carbonyl (C=O) groups is 5. The first-order valence-corrected chi connectivity index (χ1v) is 36.4. The average Bonchev–Trinajstić information content (AvgIpc) is 4.56. The van der Waals surface area contributed by atoms with Crippen LogP contribution in [0.15, 0.2) is 74.1 Å². The van der Waals surface area contributed by atoms with Gasteiger partial charge < -0.3 is 19.0 Å². The van der Waals surface area contributed by atoms with Gasteiger partial charge in [-0.2, -0.15) is 0 Å². The van der Waals surface area contributed by atoms with Crippen LogP contribution < -0.4 is 0 Å². The van der Waals surface area contributed by atoms with Crippen molar-refractivity contribution >= 4 is 29.1 Å². The van der Waals surface area contributed by atoms with Crippen LogP contribution in [0.25, 0.3) is 0 Å². The van der Waals surface area contributed by atoms with Crippen molar-refractivity contribution in [1.29, 1.82) is 0 Å². The minimum atomic E-state index is -0.224. The van der Waals surface area contributed by atoms with E-state index in [4.69, 9.17) is 14.2 Å². The SMILES string of the molecule is C=C=C(CC(CC(=O)OCCCCCCCC)CC(=C=C)OCCCC(CCC1CC1)C(=O)C=C)OCCCCCCCC.C=CC(=O)CC(CC(C)=O)CC(=O)C=C.CC.CCC1CCCCC1.CCCCCCCCC.CCCCCCCCC. The van der Waals surface area contributed by atoms with Gasteiger partial charge in [-0.15, -0.1) is 0 Å². The van der Waals surface area contributed by atoms with Gasteiger partial charge in [0.2, 0.25) is 0 Å². The molecule has 2 aliphatic rings. The van der Waals surface area contributed by atoms with Gasteiger partial charge in [0.25, 0.3) is 0 Å². The van der Waals surface area contributed by atoms with E-state index in [-0.39, 0.29) is 72.5 Å². The first kappa shape index (κ1) is 89.4. The van der Waals surface area contributed by atoms with Crippen LogP contribution in [-0.4, -0.2) is 48.9 Å². The highest BCUT2D eigenvalue weighted by Crippen LogP contribution is 2.36. The Bertz CT molecular complexity index is 1690. The molecule has 0 spiro atoms. The van der Waals surface area contributed by atoms with Crippen molar-refractivity contribution in [2.24, 2.45) is 29.6 Å². The standard InChI is InChI=1S/C39H64O5.C12H16O3.2C9H20.C8H16.C2H6/c1-6-11-13-15-17-19-27-42-36(8-3)30-34(32-39(41)44-28-20-18-16-14-12-7-2)31-37(9-4)43-29-21-22-35(38(40)10-5)26-25-33-23-24-33;1-4-11(14)7-10(6-9(3)13)8-12(15)5-2;2*1-3-5-7-9-8-6-4-2;1-2-8-6-4-3-5-7-8;1-2/h10,33-35H,3-7,11-32H2,1-2H3;4-5,10H,1-2,6-8H2,3H3;2*3-9H2,1-2H3;8H,2-7H2,1H3;1-2H3. The maximum atomic E-state index is 12.8. The second-order valence-corrected chi connectivity index (χ2v) is 24.6. The Kier molecular flexibility index (Phi) is 73.1. The van der Waals surface area contributed by atoms with Crippen molar-refractivity contribution in [2.75, 3.05) is 19.8 Å². The van der Waals surface area contributed by atoms with Gasteiger partial charge in [-0.3, -0.25) is 19.2 Å². The third-order valence-corrected chi connectivity index (χ3v) is 16.3. The summed E-state index contributed by atoms with van der Waals surface area (Å²) in [5.74, 6) is 2.53. The second-order valence-electron chi connectivity index (χ2n) is 24.6. The Morgan fingerprint density at radius 2 is 0.793 bits per heavy atom. The van der Waals surface area contributed by atoms with E-state index in [0.29, 0.717) is 44.2 Å². The zero-order chi connectivity index (χ0) is 65.8. The van der Waals surface area contributed by atoms with E-state index in [0.717, 1.165) is 63.2 Å². The van der Waals surface area contributed by atoms with Crippen LogP contribution in [0.2, 0.25) is 0 Å². The predicted molar refractivity (Wildman–Crippen MR) is 376 cm³/mol. The topological polar surface area (TPSA) is 113 Å². The molecule has 2 fully saturated rings. The summed E-state index contributed by atoms with van der Waals surface area (Å²) in [6, 6.07) is 0. The second kappa shape index (κ2) is 71.1. The summed E-state index contributed by atoms with van der Waals surface area (Å²) in [4.78, 5) is 58.3. The van der Waals surface area contributed by atoms with E-state index in [1.165, 1.54) is 218 Å². The third-order valence-electron chi connectivity index (χ3n) is 16.3. The largest absolute Gasteiger partial charge is 0.490 e. The van der Waals surface area contributed by atoms with E-state index in [2.05, 4.69) is 92.8 Å². The van der Waals surface area contributed by atoms with Crippen LogP contribution in [0.3, 0.4) is 0 Å². The molecule has 2 rings (SSSR count). The Morgan fingerprint density at radius 1 is 0.425 bits per heavy atom. The van der Waals surface area contributed by atoms with Crippen LogP contribution in [0, 0.1) is 29.6 Å². The normalized spacial score (nSPS) is 12.9. The molecule has 0 amide bonds. The molecule has 8 heteroatoms. The van der Waals surface area contributed by atoms with Crippen molar-refractivity contribution < 1.29 is 38.2 Å². The smallest absolute Gasteiger partial charge is 0.306 e. The van der Waals surface area contributed by atoms with Crippen molar-refractivity contribution in [2.45, 2.75) is 352 Å². The number of allylic oxidation sites excluding steroid dienone is 5. The van der Waals surface area contributed by atoms with Gasteiger partial charge in [0, 0.05) is 44.4 Å². The highest BCUT2D eigenvalue weighted by atomic mass is 16.5. The van der Waals surface area contributed by atoms with E-state index in [1.54, 1.807) is 0 Å². The summed E-state index contributed by atoms with van der Waals surface area (Å²) < 4.78 is 17.7. The van der Waals surface area contributed by atoms with Crippen molar-refractivity contribution in [3.8, 4) is 0 Å². The molecule has 0 aliphatic heterocycles. The maximum Gasteiger partial charge on any atom is 0.306 e. The van der Waals surface area contributed by atoms with Gasteiger partial charge in [0.05, 0.1) is 19.8 Å². The van der Waals surface area contributed by atoms with E-state index >= 15 is 0 Å². The minimum absolute atomic E-state index is 0.0195. The number of rotatable bonds is 52. The van der Waals surface area contributed by atoms with Gasteiger partial charge in [0.15, 0.2) is 17.3 Å². The molecule has 0 N–H and O–H groups in total. The molecule has 87 heavy (non-hydrogen) atoms. The summed E-state index contributed by atoms with van der Waals surface area (Å²) >= 11 is 0. The lowest BCUT2D eigenvalue weighted by Gasteiger charge is -2.19. The lowest BCUT2D eigenvalue weighted by atomic mass is 9.88. The van der Waals surface area contributed by atoms with Crippen molar-refractivity contribution in [3.63, 3.8) is 0 Å². The molecule has 0 aromatic carbocycles. The van der Waals surface area contributed by atoms with Gasteiger partial charge in [-0.1, -0.05) is 312 Å². The van der Waals surface area contributed by atoms with Crippen LogP contribution in [0.5, 0.6) is 0 Å². The quantitative estimate of drug-likeness (QED) is 0.0195. The Balaban J connectivity index is -0.000000637. The lowest BCUT2D eigenvalue weighted by Crippen LogP contribution is -2.16. The molecule has 2 saturated carbocycles. The molecule has 0 radical (unpaired) electrons. The molecule has 2 unspecified atom stereocenters. The molecule has 0 aromatic heterocycles. The van der Waals surface area contributed by atoms with Crippen molar-refractivity contribution in [1.82, 2.24) is 0 Å². The molecule has 8 nitrogen and oxygen atoms in total. The van der Waals surface area contributed by atoms with Crippen LogP contribution in [0.1, 0.15) is 352 Å².